The van der Waals surface area contributed by atoms with Crippen LogP contribution in [0.2, 0.25) is 0 Å². The van der Waals surface area contributed by atoms with Gasteiger partial charge in [-0.05, 0) is 18.6 Å². The number of carbonyl (C=O) groups is 1. The molecule has 1 amide bonds. The van der Waals surface area contributed by atoms with Crippen LogP contribution >= 0.6 is 11.8 Å². The molecule has 1 aromatic heterocycles. The summed E-state index contributed by atoms with van der Waals surface area (Å²) in [7, 11) is 1.53. The Bertz CT molecular complexity index is 452. The first-order valence-corrected chi connectivity index (χ1v) is 6.34. The van der Waals surface area contributed by atoms with Gasteiger partial charge in [-0.25, -0.2) is 4.98 Å². The van der Waals surface area contributed by atoms with Gasteiger partial charge in [0.15, 0.2) is 0 Å². The lowest BCUT2D eigenvalue weighted by Gasteiger charge is -2.10. The van der Waals surface area contributed by atoms with Gasteiger partial charge in [-0.1, -0.05) is 0 Å². The molecule has 8 heteroatoms. The van der Waals surface area contributed by atoms with E-state index >= 15 is 0 Å². The average Bonchev–Trinajstić information content (AvgIpc) is 2.33. The molecule has 0 aliphatic carbocycles. The van der Waals surface area contributed by atoms with Gasteiger partial charge < -0.3 is 10.5 Å². The molecule has 0 fully saturated rings. The van der Waals surface area contributed by atoms with Gasteiger partial charge >= 0.3 is 6.18 Å². The number of hydrogen-bond donors (Lipinski definition) is 1. The predicted molar refractivity (Wildman–Crippen MR) is 65.0 cm³/mol. The van der Waals surface area contributed by atoms with Gasteiger partial charge in [-0.15, -0.1) is 11.8 Å². The number of primary amides is 1. The molecule has 1 aromatic rings. The van der Waals surface area contributed by atoms with E-state index in [1.54, 1.807) is 0 Å². The molecule has 0 radical (unpaired) electrons. The standard InChI is InChI=1S/C11H13F3N2O2S/c1-18-5-2-6-19-10-7(9(15)17)3-4-8(16-10)11(12,13)14/h3-4H,2,5-6H2,1H3,(H2,15,17). The minimum absolute atomic E-state index is 0.00146. The number of nitrogens with zero attached hydrogens (tertiary/aromatic N) is 1. The minimum Gasteiger partial charge on any atom is -0.385 e. The van der Waals surface area contributed by atoms with Crippen molar-refractivity contribution in [2.75, 3.05) is 19.5 Å². The molecule has 0 aromatic carbocycles. The number of ether oxygens (including phenoxy) is 1. The highest BCUT2D eigenvalue weighted by Crippen LogP contribution is 2.30. The fraction of sp³-hybridized carbons (Fsp3) is 0.455. The molecule has 0 atom stereocenters. The molecule has 1 rings (SSSR count). The number of halogens is 3. The molecular weight excluding hydrogens is 281 g/mol. The van der Waals surface area contributed by atoms with E-state index in [1.807, 2.05) is 0 Å². The summed E-state index contributed by atoms with van der Waals surface area (Å²) >= 11 is 1.05. The zero-order valence-corrected chi connectivity index (χ0v) is 11.0. The first-order valence-electron chi connectivity index (χ1n) is 5.36. The highest BCUT2D eigenvalue weighted by Gasteiger charge is 2.33. The summed E-state index contributed by atoms with van der Waals surface area (Å²) in [5.74, 6) is -0.307. The number of carbonyl (C=O) groups excluding carboxylic acids is 1. The lowest BCUT2D eigenvalue weighted by atomic mass is 10.2. The third kappa shape index (κ3) is 4.71. The Hall–Kier alpha value is -1.28. The van der Waals surface area contributed by atoms with E-state index in [4.69, 9.17) is 10.5 Å². The van der Waals surface area contributed by atoms with Crippen LogP contribution in [0.25, 0.3) is 0 Å². The third-order valence-electron chi connectivity index (χ3n) is 2.15. The van der Waals surface area contributed by atoms with E-state index in [2.05, 4.69) is 4.98 Å². The number of rotatable bonds is 6. The van der Waals surface area contributed by atoms with Crippen LogP contribution in [0.5, 0.6) is 0 Å². The predicted octanol–water partition coefficient (Wildman–Crippen LogP) is 2.33. The van der Waals surface area contributed by atoms with Crippen LogP contribution in [0.15, 0.2) is 17.2 Å². The first kappa shape index (κ1) is 15.8. The second-order valence-electron chi connectivity index (χ2n) is 3.61. The van der Waals surface area contributed by atoms with Crippen molar-refractivity contribution in [3.05, 3.63) is 23.4 Å². The molecule has 19 heavy (non-hydrogen) atoms. The number of pyridine rings is 1. The number of thioether (sulfide) groups is 1. The van der Waals surface area contributed by atoms with Crippen LogP contribution in [-0.4, -0.2) is 30.4 Å². The highest BCUT2D eigenvalue weighted by molar-refractivity contribution is 7.99. The number of alkyl halides is 3. The lowest BCUT2D eigenvalue weighted by molar-refractivity contribution is -0.141. The summed E-state index contributed by atoms with van der Waals surface area (Å²) in [5.41, 5.74) is 4.07. The van der Waals surface area contributed by atoms with E-state index in [0.717, 1.165) is 23.9 Å². The van der Waals surface area contributed by atoms with Crippen molar-refractivity contribution in [2.45, 2.75) is 17.6 Å². The normalized spacial score (nSPS) is 11.6. The Morgan fingerprint density at radius 3 is 2.68 bits per heavy atom. The summed E-state index contributed by atoms with van der Waals surface area (Å²) in [6, 6.07) is 1.80. The quantitative estimate of drug-likeness (QED) is 0.646. The molecule has 0 saturated carbocycles. The number of methoxy groups -OCH3 is 1. The summed E-state index contributed by atoms with van der Waals surface area (Å²) in [6.07, 6.45) is -3.91. The molecule has 0 unspecified atom stereocenters. The topological polar surface area (TPSA) is 65.2 Å². The molecular formula is C11H13F3N2O2S. The molecule has 106 valence electrons. The van der Waals surface area contributed by atoms with Crippen molar-refractivity contribution in [1.82, 2.24) is 4.98 Å². The second kappa shape index (κ2) is 6.76. The number of hydrogen-bond acceptors (Lipinski definition) is 4. The number of aromatic nitrogens is 1. The summed E-state index contributed by atoms with van der Waals surface area (Å²) in [6.45, 7) is 0.484. The maximum Gasteiger partial charge on any atom is 0.433 e. The van der Waals surface area contributed by atoms with Gasteiger partial charge in [0.25, 0.3) is 5.91 Å². The molecule has 4 nitrogen and oxygen atoms in total. The molecule has 0 bridgehead atoms. The monoisotopic (exact) mass is 294 g/mol. The fourth-order valence-corrected chi connectivity index (χ4v) is 2.21. The number of nitrogens with two attached hydrogens (primary N) is 1. The van der Waals surface area contributed by atoms with E-state index < -0.39 is 17.8 Å². The van der Waals surface area contributed by atoms with Crippen LogP contribution in [-0.2, 0) is 10.9 Å². The smallest absolute Gasteiger partial charge is 0.385 e. The van der Waals surface area contributed by atoms with Crippen molar-refractivity contribution >= 4 is 17.7 Å². The maximum absolute atomic E-state index is 12.5. The summed E-state index contributed by atoms with van der Waals surface area (Å²) < 4.78 is 42.4. The van der Waals surface area contributed by atoms with Crippen molar-refractivity contribution in [1.29, 1.82) is 0 Å². The van der Waals surface area contributed by atoms with Gasteiger partial charge in [-0.3, -0.25) is 4.79 Å². The molecule has 0 spiro atoms. The highest BCUT2D eigenvalue weighted by atomic mass is 32.2. The Labute approximate surface area is 112 Å². The van der Waals surface area contributed by atoms with Crippen LogP contribution in [0, 0.1) is 0 Å². The average molecular weight is 294 g/mol. The van der Waals surface area contributed by atoms with Gasteiger partial charge in [0, 0.05) is 19.5 Å². The Kier molecular flexibility index (Phi) is 5.61. The van der Waals surface area contributed by atoms with Gasteiger partial charge in [0.2, 0.25) is 0 Å². The molecule has 1 heterocycles. The summed E-state index contributed by atoms with van der Waals surface area (Å²) in [5, 5.41) is -0.00146. The van der Waals surface area contributed by atoms with Crippen LogP contribution in [0.1, 0.15) is 22.5 Å². The van der Waals surface area contributed by atoms with Gasteiger partial charge in [0.05, 0.1) is 5.56 Å². The van der Waals surface area contributed by atoms with Crippen molar-refractivity contribution in [2.24, 2.45) is 5.73 Å². The fourth-order valence-electron chi connectivity index (χ4n) is 1.27. The van der Waals surface area contributed by atoms with Crippen molar-refractivity contribution in [3.8, 4) is 0 Å². The van der Waals surface area contributed by atoms with Crippen LogP contribution in [0.4, 0.5) is 13.2 Å². The van der Waals surface area contributed by atoms with Gasteiger partial charge in [-0.2, -0.15) is 13.2 Å². The van der Waals surface area contributed by atoms with E-state index in [1.165, 1.54) is 7.11 Å². The largest absolute Gasteiger partial charge is 0.433 e. The van der Waals surface area contributed by atoms with Gasteiger partial charge in [0.1, 0.15) is 10.7 Å². The lowest BCUT2D eigenvalue weighted by Crippen LogP contribution is -2.16. The van der Waals surface area contributed by atoms with E-state index in [0.29, 0.717) is 18.8 Å². The van der Waals surface area contributed by atoms with Crippen molar-refractivity contribution < 1.29 is 22.7 Å². The maximum atomic E-state index is 12.5. The van der Waals surface area contributed by atoms with Crippen molar-refractivity contribution in [3.63, 3.8) is 0 Å². The molecule has 2 N–H and O–H groups in total. The third-order valence-corrected chi connectivity index (χ3v) is 3.23. The Morgan fingerprint density at radius 1 is 1.47 bits per heavy atom. The molecule has 0 aliphatic rings. The zero-order chi connectivity index (χ0) is 14.5. The Balaban J connectivity index is 2.93. The molecule has 0 saturated heterocycles. The van der Waals surface area contributed by atoms with Crippen LogP contribution < -0.4 is 5.73 Å². The summed E-state index contributed by atoms with van der Waals surface area (Å²) in [4.78, 5) is 14.6. The number of amides is 1. The molecule has 0 aliphatic heterocycles. The second-order valence-corrected chi connectivity index (χ2v) is 4.69. The Morgan fingerprint density at radius 2 is 2.16 bits per heavy atom. The van der Waals surface area contributed by atoms with Crippen LogP contribution in [0.3, 0.4) is 0 Å². The van der Waals surface area contributed by atoms with E-state index in [9.17, 15) is 18.0 Å². The zero-order valence-electron chi connectivity index (χ0n) is 10.2. The van der Waals surface area contributed by atoms with E-state index in [-0.39, 0.29) is 10.6 Å². The first-order chi connectivity index (χ1) is 8.86. The minimum atomic E-state index is -4.54. The SMILES string of the molecule is COCCCSc1nc(C(F)(F)F)ccc1C(N)=O.